The van der Waals surface area contributed by atoms with Crippen molar-refractivity contribution in [3.8, 4) is 0 Å². The molecule has 2 amide bonds. The van der Waals surface area contributed by atoms with E-state index in [2.05, 4.69) is 5.32 Å². The van der Waals surface area contributed by atoms with Crippen molar-refractivity contribution >= 4 is 16.1 Å². The van der Waals surface area contributed by atoms with E-state index >= 15 is 0 Å². The third kappa shape index (κ3) is 6.59. The first kappa shape index (κ1) is 17.5. The summed E-state index contributed by atoms with van der Waals surface area (Å²) in [6, 6.07) is 5.54. The van der Waals surface area contributed by atoms with Gasteiger partial charge in [-0.1, -0.05) is 17.7 Å². The topological polar surface area (TPSA) is 84.5 Å². The second kappa shape index (κ2) is 7.99. The Morgan fingerprint density at radius 3 is 2.43 bits per heavy atom. The second-order valence-corrected chi connectivity index (χ2v) is 6.63. The molecule has 6 nitrogen and oxygen atoms in total. The number of carbonyl (C=O) groups is 1. The molecule has 1 aromatic rings. The highest BCUT2D eigenvalue weighted by Gasteiger charge is 2.16. The third-order valence-electron chi connectivity index (χ3n) is 2.62. The number of ether oxygens (including phenoxy) is 1. The van der Waals surface area contributed by atoms with Gasteiger partial charge in [-0.05, 0) is 39.3 Å². The molecule has 1 rings (SSSR count). The second-order valence-electron chi connectivity index (χ2n) is 4.95. The van der Waals surface area contributed by atoms with Gasteiger partial charge in [0.15, 0.2) is 0 Å². The van der Waals surface area contributed by atoms with Gasteiger partial charge in [0.25, 0.3) is 10.0 Å². The number of amides is 2. The Balaban J connectivity index is 2.41. The van der Waals surface area contributed by atoms with E-state index in [1.165, 1.54) is 12.1 Å². The van der Waals surface area contributed by atoms with Gasteiger partial charge in [-0.3, -0.25) is 0 Å². The number of carbonyl (C=O) groups excluding carboxylic acids is 1. The summed E-state index contributed by atoms with van der Waals surface area (Å²) in [5.74, 6) is 0. The number of sulfonamides is 1. The molecule has 0 aliphatic rings. The quantitative estimate of drug-likeness (QED) is 0.752. The standard InChI is InChI=1S/C14H22N2O4S/c1-11(2)20-10-4-9-15-14(17)16-21(18,19)13-7-5-12(3)6-8-13/h5-8,11H,4,9-10H2,1-3H3,(H2,15,16,17). The van der Waals surface area contributed by atoms with Crippen molar-refractivity contribution in [3.63, 3.8) is 0 Å². The van der Waals surface area contributed by atoms with Gasteiger partial charge in [-0.15, -0.1) is 0 Å². The zero-order valence-electron chi connectivity index (χ0n) is 12.5. The van der Waals surface area contributed by atoms with E-state index in [0.717, 1.165) is 5.56 Å². The summed E-state index contributed by atoms with van der Waals surface area (Å²) in [5.41, 5.74) is 0.948. The van der Waals surface area contributed by atoms with Crippen molar-refractivity contribution in [2.75, 3.05) is 13.2 Å². The fourth-order valence-corrected chi connectivity index (χ4v) is 2.46. The smallest absolute Gasteiger partial charge is 0.328 e. The van der Waals surface area contributed by atoms with Crippen LogP contribution in [0.4, 0.5) is 4.79 Å². The van der Waals surface area contributed by atoms with Gasteiger partial charge in [0.05, 0.1) is 11.0 Å². The molecule has 2 N–H and O–H groups in total. The van der Waals surface area contributed by atoms with Crippen LogP contribution in [0.25, 0.3) is 0 Å². The third-order valence-corrected chi connectivity index (χ3v) is 3.96. The zero-order chi connectivity index (χ0) is 15.9. The first-order valence-corrected chi connectivity index (χ1v) is 8.28. The van der Waals surface area contributed by atoms with E-state index in [4.69, 9.17) is 4.74 Å². The summed E-state index contributed by atoms with van der Waals surface area (Å²) < 4.78 is 31.2. The average molecular weight is 314 g/mol. The lowest BCUT2D eigenvalue weighted by Crippen LogP contribution is -2.40. The number of hydrogen-bond donors (Lipinski definition) is 2. The molecule has 0 saturated heterocycles. The number of benzene rings is 1. The van der Waals surface area contributed by atoms with Gasteiger partial charge in [0, 0.05) is 13.2 Å². The number of nitrogens with one attached hydrogen (secondary N) is 2. The van der Waals surface area contributed by atoms with Crippen molar-refractivity contribution in [2.45, 2.75) is 38.2 Å². The molecule has 21 heavy (non-hydrogen) atoms. The van der Waals surface area contributed by atoms with Crippen LogP contribution in [-0.2, 0) is 14.8 Å². The molecule has 0 fully saturated rings. The van der Waals surface area contributed by atoms with E-state index in [-0.39, 0.29) is 11.0 Å². The number of urea groups is 1. The van der Waals surface area contributed by atoms with Crippen molar-refractivity contribution < 1.29 is 17.9 Å². The fourth-order valence-electron chi connectivity index (χ4n) is 1.53. The Hall–Kier alpha value is -1.60. The molecule has 0 saturated carbocycles. The van der Waals surface area contributed by atoms with E-state index in [1.54, 1.807) is 12.1 Å². The molecule has 0 aromatic heterocycles. The summed E-state index contributed by atoms with van der Waals surface area (Å²) in [4.78, 5) is 11.6. The average Bonchev–Trinajstić information content (AvgIpc) is 2.37. The first-order valence-electron chi connectivity index (χ1n) is 6.80. The minimum absolute atomic E-state index is 0.0615. The Morgan fingerprint density at radius 2 is 1.86 bits per heavy atom. The lowest BCUT2D eigenvalue weighted by Gasteiger charge is -2.10. The van der Waals surface area contributed by atoms with Gasteiger partial charge >= 0.3 is 6.03 Å². The van der Waals surface area contributed by atoms with Crippen LogP contribution < -0.4 is 10.0 Å². The minimum atomic E-state index is -3.83. The van der Waals surface area contributed by atoms with Crippen LogP contribution in [0.5, 0.6) is 0 Å². The molecule has 1 aromatic carbocycles. The van der Waals surface area contributed by atoms with Gasteiger partial charge in [0.1, 0.15) is 0 Å². The summed E-state index contributed by atoms with van der Waals surface area (Å²) in [7, 11) is -3.83. The highest BCUT2D eigenvalue weighted by Crippen LogP contribution is 2.09. The molecule has 0 heterocycles. The van der Waals surface area contributed by atoms with Gasteiger partial charge < -0.3 is 10.1 Å². The molecule has 118 valence electrons. The van der Waals surface area contributed by atoms with Crippen LogP contribution in [0.2, 0.25) is 0 Å². The van der Waals surface area contributed by atoms with E-state index in [1.807, 2.05) is 25.5 Å². The first-order chi connectivity index (χ1) is 9.81. The number of rotatable bonds is 7. The zero-order valence-corrected chi connectivity index (χ0v) is 13.4. The Bertz CT molecular complexity index is 553. The summed E-state index contributed by atoms with van der Waals surface area (Å²) in [6.45, 7) is 6.57. The highest BCUT2D eigenvalue weighted by molar-refractivity contribution is 7.90. The van der Waals surface area contributed by atoms with Crippen molar-refractivity contribution in [3.05, 3.63) is 29.8 Å². The van der Waals surface area contributed by atoms with Crippen LogP contribution in [0.1, 0.15) is 25.8 Å². The molecule has 0 aliphatic carbocycles. The maximum atomic E-state index is 11.9. The molecule has 0 aliphatic heterocycles. The maximum Gasteiger partial charge on any atom is 0.328 e. The molecule has 0 atom stereocenters. The monoisotopic (exact) mass is 314 g/mol. The molecule has 7 heteroatoms. The van der Waals surface area contributed by atoms with Crippen molar-refractivity contribution in [2.24, 2.45) is 0 Å². The highest BCUT2D eigenvalue weighted by atomic mass is 32.2. The molecule has 0 spiro atoms. The largest absolute Gasteiger partial charge is 0.379 e. The normalized spacial score (nSPS) is 11.4. The predicted octanol–water partition coefficient (Wildman–Crippen LogP) is 1.80. The summed E-state index contributed by atoms with van der Waals surface area (Å²) in [6.07, 6.45) is 0.761. The molecule has 0 unspecified atom stereocenters. The number of aryl methyl sites for hydroxylation is 1. The SMILES string of the molecule is Cc1ccc(S(=O)(=O)NC(=O)NCCCOC(C)C)cc1. The van der Waals surface area contributed by atoms with Crippen LogP contribution in [0, 0.1) is 6.92 Å². The van der Waals surface area contributed by atoms with Crippen LogP contribution in [-0.4, -0.2) is 33.7 Å². The van der Waals surface area contributed by atoms with E-state index in [9.17, 15) is 13.2 Å². The Kier molecular flexibility index (Phi) is 6.64. The van der Waals surface area contributed by atoms with Crippen LogP contribution in [0.3, 0.4) is 0 Å². The molecular weight excluding hydrogens is 292 g/mol. The Labute approximate surface area is 125 Å². The lowest BCUT2D eigenvalue weighted by atomic mass is 10.2. The minimum Gasteiger partial charge on any atom is -0.379 e. The maximum absolute atomic E-state index is 11.9. The van der Waals surface area contributed by atoms with Gasteiger partial charge in [-0.2, -0.15) is 0 Å². The molecular formula is C14H22N2O4S. The van der Waals surface area contributed by atoms with Crippen LogP contribution >= 0.6 is 0 Å². The van der Waals surface area contributed by atoms with Crippen molar-refractivity contribution in [1.29, 1.82) is 0 Å². The summed E-state index contributed by atoms with van der Waals surface area (Å²) >= 11 is 0. The van der Waals surface area contributed by atoms with Gasteiger partial charge in [-0.25, -0.2) is 17.9 Å². The van der Waals surface area contributed by atoms with E-state index < -0.39 is 16.1 Å². The molecule has 0 radical (unpaired) electrons. The lowest BCUT2D eigenvalue weighted by molar-refractivity contribution is 0.0774. The fraction of sp³-hybridized carbons (Fsp3) is 0.500. The Morgan fingerprint density at radius 1 is 1.24 bits per heavy atom. The van der Waals surface area contributed by atoms with Crippen molar-refractivity contribution in [1.82, 2.24) is 10.0 Å². The molecule has 0 bridgehead atoms. The van der Waals surface area contributed by atoms with Gasteiger partial charge in [0.2, 0.25) is 0 Å². The summed E-state index contributed by atoms with van der Waals surface area (Å²) in [5, 5.41) is 2.48. The van der Waals surface area contributed by atoms with Crippen LogP contribution in [0.15, 0.2) is 29.2 Å². The van der Waals surface area contributed by atoms with E-state index in [0.29, 0.717) is 19.6 Å². The number of hydrogen-bond acceptors (Lipinski definition) is 4. The predicted molar refractivity (Wildman–Crippen MR) is 80.6 cm³/mol.